The molecule has 1 aliphatic heterocycles. The standard InChI is InChI=1S/C22H23F3N6O/c23-22(24,25)15-11-18(26-16-7-8-16)31-19(12-15)27-21(29-31)28-20(32)17-6-2-1-5-14(17)13-30-9-3-4-10-30/h1-2,5-6,11-12,16,26H,3-4,7-10,13H2,(H,28,29,32). The SMILES string of the molecule is O=C(Nc1nc2cc(C(F)(F)F)cc(NC3CC3)n2n1)c1ccccc1CN1CCCC1. The van der Waals surface area contributed by atoms with Gasteiger partial charge >= 0.3 is 6.18 Å². The van der Waals surface area contributed by atoms with Crippen LogP contribution in [0, 0.1) is 0 Å². The van der Waals surface area contributed by atoms with E-state index in [1.807, 2.05) is 12.1 Å². The molecular formula is C22H23F3N6O. The van der Waals surface area contributed by atoms with Crippen LogP contribution in [0.4, 0.5) is 24.9 Å². The minimum Gasteiger partial charge on any atom is -0.367 e. The number of carbonyl (C=O) groups excluding carboxylic acids is 1. The Labute approximate surface area is 182 Å². The van der Waals surface area contributed by atoms with E-state index in [0.29, 0.717) is 12.1 Å². The van der Waals surface area contributed by atoms with E-state index in [1.165, 1.54) is 4.52 Å². The number of amides is 1. The first-order chi connectivity index (χ1) is 15.4. The maximum absolute atomic E-state index is 13.3. The lowest BCUT2D eigenvalue weighted by Gasteiger charge is -2.16. The van der Waals surface area contributed by atoms with Crippen molar-refractivity contribution in [2.75, 3.05) is 23.7 Å². The van der Waals surface area contributed by atoms with Crippen LogP contribution in [-0.2, 0) is 12.7 Å². The fourth-order valence-corrected chi connectivity index (χ4v) is 3.97. The molecule has 168 valence electrons. The zero-order valence-corrected chi connectivity index (χ0v) is 17.3. The van der Waals surface area contributed by atoms with Crippen LogP contribution < -0.4 is 10.6 Å². The third kappa shape index (κ3) is 4.40. The molecule has 1 aliphatic carbocycles. The molecule has 2 aliphatic rings. The lowest BCUT2D eigenvalue weighted by molar-refractivity contribution is -0.137. The first-order valence-corrected chi connectivity index (χ1v) is 10.7. The van der Waals surface area contributed by atoms with E-state index >= 15 is 0 Å². The van der Waals surface area contributed by atoms with Crippen LogP contribution in [0.1, 0.15) is 47.2 Å². The number of pyridine rings is 1. The average Bonchev–Trinajstić information content (AvgIpc) is 3.23. The Hall–Kier alpha value is -3.14. The number of anilines is 2. The molecule has 0 radical (unpaired) electrons. The van der Waals surface area contributed by atoms with Crippen LogP contribution in [-0.4, -0.2) is 44.5 Å². The highest BCUT2D eigenvalue weighted by molar-refractivity contribution is 6.04. The zero-order chi connectivity index (χ0) is 22.3. The summed E-state index contributed by atoms with van der Waals surface area (Å²) in [6.45, 7) is 2.68. The quantitative estimate of drug-likeness (QED) is 0.597. The number of halogens is 3. The Kier molecular flexibility index (Phi) is 5.24. The van der Waals surface area contributed by atoms with Gasteiger partial charge in [-0.15, -0.1) is 5.10 Å². The predicted octanol–water partition coefficient (Wildman–Crippen LogP) is 4.17. The summed E-state index contributed by atoms with van der Waals surface area (Å²) in [6, 6.07) is 9.41. The molecule has 1 amide bonds. The summed E-state index contributed by atoms with van der Waals surface area (Å²) in [6.07, 6.45) is -0.424. The van der Waals surface area contributed by atoms with Gasteiger partial charge < -0.3 is 5.32 Å². The second-order valence-electron chi connectivity index (χ2n) is 8.35. The summed E-state index contributed by atoms with van der Waals surface area (Å²) in [5.41, 5.74) is 0.606. The van der Waals surface area contributed by atoms with Crippen LogP contribution in [0.25, 0.3) is 5.65 Å². The van der Waals surface area contributed by atoms with Gasteiger partial charge in [-0.25, -0.2) is 0 Å². The van der Waals surface area contributed by atoms with Crippen molar-refractivity contribution < 1.29 is 18.0 Å². The molecule has 2 fully saturated rings. The molecule has 2 aromatic heterocycles. The maximum atomic E-state index is 13.3. The van der Waals surface area contributed by atoms with Crippen LogP contribution in [0.2, 0.25) is 0 Å². The summed E-state index contributed by atoms with van der Waals surface area (Å²) in [4.78, 5) is 19.4. The van der Waals surface area contributed by atoms with Gasteiger partial charge in [0.2, 0.25) is 5.95 Å². The van der Waals surface area contributed by atoms with E-state index in [-0.39, 0.29) is 29.4 Å². The van der Waals surface area contributed by atoms with E-state index in [2.05, 4.69) is 25.6 Å². The monoisotopic (exact) mass is 444 g/mol. The molecule has 7 nitrogen and oxygen atoms in total. The van der Waals surface area contributed by atoms with Gasteiger partial charge in [0.1, 0.15) is 5.82 Å². The highest BCUT2D eigenvalue weighted by Crippen LogP contribution is 2.33. The van der Waals surface area contributed by atoms with Gasteiger partial charge in [0.25, 0.3) is 5.91 Å². The van der Waals surface area contributed by atoms with E-state index < -0.39 is 11.7 Å². The van der Waals surface area contributed by atoms with Crippen LogP contribution in [0.5, 0.6) is 0 Å². The highest BCUT2D eigenvalue weighted by atomic mass is 19.4. The van der Waals surface area contributed by atoms with Crippen molar-refractivity contribution in [2.24, 2.45) is 0 Å². The first kappa shape index (κ1) is 20.7. The third-order valence-corrected chi connectivity index (χ3v) is 5.77. The summed E-state index contributed by atoms with van der Waals surface area (Å²) in [5, 5.41) is 9.97. The Morgan fingerprint density at radius 2 is 1.88 bits per heavy atom. The minimum absolute atomic E-state index is 0.0172. The molecule has 1 saturated heterocycles. The molecule has 10 heteroatoms. The normalized spacial score (nSPS) is 17.1. The Bertz CT molecular complexity index is 1150. The van der Waals surface area contributed by atoms with Crippen molar-refractivity contribution in [3.63, 3.8) is 0 Å². The molecule has 0 bridgehead atoms. The van der Waals surface area contributed by atoms with Crippen LogP contribution in [0.15, 0.2) is 36.4 Å². The van der Waals surface area contributed by atoms with E-state index in [4.69, 9.17) is 0 Å². The number of nitrogens with zero attached hydrogens (tertiary/aromatic N) is 4. The fraction of sp³-hybridized carbons (Fsp3) is 0.409. The number of hydrogen-bond donors (Lipinski definition) is 2. The highest BCUT2D eigenvalue weighted by Gasteiger charge is 2.33. The van der Waals surface area contributed by atoms with Crippen molar-refractivity contribution in [1.82, 2.24) is 19.5 Å². The molecule has 0 spiro atoms. The number of hydrogen-bond acceptors (Lipinski definition) is 5. The van der Waals surface area contributed by atoms with E-state index in [9.17, 15) is 18.0 Å². The average molecular weight is 444 g/mol. The first-order valence-electron chi connectivity index (χ1n) is 10.7. The second kappa shape index (κ2) is 8.09. The van der Waals surface area contributed by atoms with Gasteiger partial charge in [0, 0.05) is 18.2 Å². The fourth-order valence-electron chi connectivity index (χ4n) is 3.97. The van der Waals surface area contributed by atoms with Crippen molar-refractivity contribution in [3.8, 4) is 0 Å². The second-order valence-corrected chi connectivity index (χ2v) is 8.35. The summed E-state index contributed by atoms with van der Waals surface area (Å²) < 4.78 is 41.3. The molecule has 1 aromatic carbocycles. The van der Waals surface area contributed by atoms with Gasteiger partial charge in [-0.05, 0) is 62.5 Å². The van der Waals surface area contributed by atoms with Gasteiger partial charge in [-0.2, -0.15) is 22.7 Å². The predicted molar refractivity (Wildman–Crippen MR) is 114 cm³/mol. The summed E-state index contributed by atoms with van der Waals surface area (Å²) in [5.74, 6) is -0.215. The van der Waals surface area contributed by atoms with Crippen LogP contribution in [0.3, 0.4) is 0 Å². The minimum atomic E-state index is -4.51. The number of rotatable bonds is 6. The van der Waals surface area contributed by atoms with Gasteiger partial charge in [-0.3, -0.25) is 15.0 Å². The van der Waals surface area contributed by atoms with Crippen molar-refractivity contribution >= 4 is 23.3 Å². The maximum Gasteiger partial charge on any atom is 0.416 e. The van der Waals surface area contributed by atoms with E-state index in [0.717, 1.165) is 56.5 Å². The Balaban J connectivity index is 1.42. The lowest BCUT2D eigenvalue weighted by atomic mass is 10.1. The summed E-state index contributed by atoms with van der Waals surface area (Å²) >= 11 is 0. The largest absolute Gasteiger partial charge is 0.416 e. The van der Waals surface area contributed by atoms with Gasteiger partial charge in [-0.1, -0.05) is 18.2 Å². The number of nitrogens with one attached hydrogen (secondary N) is 2. The van der Waals surface area contributed by atoms with Crippen molar-refractivity contribution in [2.45, 2.75) is 44.4 Å². The van der Waals surface area contributed by atoms with Gasteiger partial charge in [0.15, 0.2) is 5.65 Å². The molecule has 3 heterocycles. The zero-order valence-electron chi connectivity index (χ0n) is 17.3. The van der Waals surface area contributed by atoms with Gasteiger partial charge in [0.05, 0.1) is 5.56 Å². The lowest BCUT2D eigenvalue weighted by Crippen LogP contribution is -2.22. The molecular weight excluding hydrogens is 421 g/mol. The molecule has 2 N–H and O–H groups in total. The Morgan fingerprint density at radius 1 is 1.12 bits per heavy atom. The molecule has 5 rings (SSSR count). The van der Waals surface area contributed by atoms with Crippen LogP contribution >= 0.6 is 0 Å². The number of alkyl halides is 3. The number of aromatic nitrogens is 3. The molecule has 3 aromatic rings. The third-order valence-electron chi connectivity index (χ3n) is 5.77. The number of carbonyl (C=O) groups is 1. The molecule has 0 atom stereocenters. The number of benzene rings is 1. The van der Waals surface area contributed by atoms with E-state index in [1.54, 1.807) is 12.1 Å². The van der Waals surface area contributed by atoms with Crippen molar-refractivity contribution in [3.05, 3.63) is 53.1 Å². The topological polar surface area (TPSA) is 74.6 Å². The molecule has 1 saturated carbocycles. The number of likely N-dealkylation sites (tertiary alicyclic amines) is 1. The molecule has 32 heavy (non-hydrogen) atoms. The smallest absolute Gasteiger partial charge is 0.367 e. The summed E-state index contributed by atoms with van der Waals surface area (Å²) in [7, 11) is 0. The molecule has 0 unspecified atom stereocenters. The van der Waals surface area contributed by atoms with Crippen molar-refractivity contribution in [1.29, 1.82) is 0 Å². The Morgan fingerprint density at radius 3 is 2.59 bits per heavy atom. The number of fused-ring (bicyclic) bond motifs is 1.